The van der Waals surface area contributed by atoms with Crippen molar-refractivity contribution in [2.75, 3.05) is 6.61 Å². The average Bonchev–Trinajstić information content (AvgIpc) is 2.27. The van der Waals surface area contributed by atoms with Crippen LogP contribution in [-0.2, 0) is 15.7 Å². The van der Waals surface area contributed by atoms with Gasteiger partial charge >= 0.3 is 12.1 Å². The SMILES string of the molecule is CCOC(=O)[C@@H](O)c1ccc(C(F)(F)F)cc1. The van der Waals surface area contributed by atoms with Gasteiger partial charge in [-0.3, -0.25) is 0 Å². The summed E-state index contributed by atoms with van der Waals surface area (Å²) in [7, 11) is 0. The van der Waals surface area contributed by atoms with Crippen molar-refractivity contribution >= 4 is 5.97 Å². The number of ether oxygens (including phenoxy) is 1. The molecule has 1 atom stereocenters. The first-order chi connectivity index (χ1) is 7.86. The highest BCUT2D eigenvalue weighted by molar-refractivity contribution is 5.76. The zero-order valence-corrected chi connectivity index (χ0v) is 8.99. The molecule has 94 valence electrons. The first-order valence-electron chi connectivity index (χ1n) is 4.88. The second-order valence-electron chi connectivity index (χ2n) is 3.27. The van der Waals surface area contributed by atoms with Gasteiger partial charge in [0.2, 0.25) is 0 Å². The van der Waals surface area contributed by atoms with Gasteiger partial charge in [-0.25, -0.2) is 4.79 Å². The standard InChI is InChI=1S/C11H11F3O3/c1-2-17-10(16)9(15)7-3-5-8(6-4-7)11(12,13)14/h3-6,9,15H,2H2,1H3/t9-/m0/s1. The molecule has 1 rings (SSSR count). The average molecular weight is 248 g/mol. The highest BCUT2D eigenvalue weighted by Crippen LogP contribution is 2.30. The molecule has 0 aliphatic rings. The lowest BCUT2D eigenvalue weighted by Crippen LogP contribution is -2.15. The topological polar surface area (TPSA) is 46.5 Å². The van der Waals surface area contributed by atoms with Gasteiger partial charge in [0.05, 0.1) is 12.2 Å². The van der Waals surface area contributed by atoms with Crippen molar-refractivity contribution in [2.24, 2.45) is 0 Å². The molecule has 0 aromatic heterocycles. The van der Waals surface area contributed by atoms with Gasteiger partial charge in [0, 0.05) is 0 Å². The Morgan fingerprint density at radius 3 is 2.29 bits per heavy atom. The number of alkyl halides is 3. The first-order valence-corrected chi connectivity index (χ1v) is 4.88. The molecule has 3 nitrogen and oxygen atoms in total. The van der Waals surface area contributed by atoms with E-state index in [1.807, 2.05) is 0 Å². The molecular weight excluding hydrogens is 237 g/mol. The van der Waals surface area contributed by atoms with Crippen molar-refractivity contribution in [3.05, 3.63) is 35.4 Å². The van der Waals surface area contributed by atoms with Crippen molar-refractivity contribution in [2.45, 2.75) is 19.2 Å². The maximum absolute atomic E-state index is 12.2. The van der Waals surface area contributed by atoms with Crippen LogP contribution in [0.5, 0.6) is 0 Å². The van der Waals surface area contributed by atoms with E-state index in [0.717, 1.165) is 24.3 Å². The molecule has 0 aliphatic carbocycles. The fraction of sp³-hybridized carbons (Fsp3) is 0.364. The van der Waals surface area contributed by atoms with Crippen LogP contribution in [0.1, 0.15) is 24.2 Å². The Kier molecular flexibility index (Phi) is 4.11. The summed E-state index contributed by atoms with van der Waals surface area (Å²) in [4.78, 5) is 11.1. The largest absolute Gasteiger partial charge is 0.464 e. The lowest BCUT2D eigenvalue weighted by atomic mass is 10.1. The van der Waals surface area contributed by atoms with E-state index in [4.69, 9.17) is 0 Å². The Balaban J connectivity index is 2.84. The molecule has 0 unspecified atom stereocenters. The molecule has 0 saturated carbocycles. The number of aliphatic hydroxyl groups is 1. The number of hydrogen-bond acceptors (Lipinski definition) is 3. The van der Waals surface area contributed by atoms with Crippen molar-refractivity contribution < 1.29 is 27.8 Å². The molecule has 0 amide bonds. The summed E-state index contributed by atoms with van der Waals surface area (Å²) in [6, 6.07) is 3.70. The third-order valence-electron chi connectivity index (χ3n) is 2.06. The summed E-state index contributed by atoms with van der Waals surface area (Å²) in [6.45, 7) is 1.66. The second kappa shape index (κ2) is 5.18. The Morgan fingerprint density at radius 2 is 1.88 bits per heavy atom. The molecule has 1 N–H and O–H groups in total. The number of carbonyl (C=O) groups excluding carboxylic acids is 1. The van der Waals surface area contributed by atoms with Crippen LogP contribution in [0.2, 0.25) is 0 Å². The Hall–Kier alpha value is -1.56. The van der Waals surface area contributed by atoms with Gasteiger partial charge in [-0.15, -0.1) is 0 Å². The summed E-state index contributed by atoms with van der Waals surface area (Å²) in [6.07, 6.45) is -6.00. The van der Waals surface area contributed by atoms with Crippen LogP contribution < -0.4 is 0 Å². The molecule has 0 fully saturated rings. The highest BCUT2D eigenvalue weighted by Gasteiger charge is 2.30. The Labute approximate surface area is 95.8 Å². The van der Waals surface area contributed by atoms with E-state index in [0.29, 0.717) is 0 Å². The zero-order chi connectivity index (χ0) is 13.1. The number of carbonyl (C=O) groups is 1. The maximum Gasteiger partial charge on any atom is 0.416 e. The van der Waals surface area contributed by atoms with Gasteiger partial charge in [0.25, 0.3) is 0 Å². The number of halogens is 3. The van der Waals surface area contributed by atoms with Gasteiger partial charge in [0.15, 0.2) is 6.10 Å². The van der Waals surface area contributed by atoms with E-state index >= 15 is 0 Å². The third-order valence-corrected chi connectivity index (χ3v) is 2.06. The zero-order valence-electron chi connectivity index (χ0n) is 8.99. The van der Waals surface area contributed by atoms with Crippen molar-refractivity contribution in [3.63, 3.8) is 0 Å². The van der Waals surface area contributed by atoms with Crippen LogP contribution in [0.15, 0.2) is 24.3 Å². The van der Waals surface area contributed by atoms with Gasteiger partial charge in [-0.05, 0) is 24.6 Å². The summed E-state index contributed by atoms with van der Waals surface area (Å²) < 4.78 is 41.3. The maximum atomic E-state index is 12.2. The van der Waals surface area contributed by atoms with Crippen LogP contribution in [0.3, 0.4) is 0 Å². The van der Waals surface area contributed by atoms with E-state index in [9.17, 15) is 23.1 Å². The van der Waals surface area contributed by atoms with Gasteiger partial charge in [-0.1, -0.05) is 12.1 Å². The van der Waals surface area contributed by atoms with Crippen LogP contribution in [0, 0.1) is 0 Å². The minimum absolute atomic E-state index is 0.0662. The Bertz CT molecular complexity index is 384. The van der Waals surface area contributed by atoms with Crippen molar-refractivity contribution in [3.8, 4) is 0 Å². The minimum atomic E-state index is -4.44. The lowest BCUT2D eigenvalue weighted by Gasteiger charge is -2.11. The van der Waals surface area contributed by atoms with E-state index < -0.39 is 23.8 Å². The molecule has 6 heteroatoms. The molecule has 1 aromatic carbocycles. The predicted octanol–water partition coefficient (Wildman–Crippen LogP) is 2.30. The number of aliphatic hydroxyl groups excluding tert-OH is 1. The van der Waals surface area contributed by atoms with Crippen molar-refractivity contribution in [1.29, 1.82) is 0 Å². The number of esters is 1. The van der Waals surface area contributed by atoms with Crippen LogP contribution in [0.25, 0.3) is 0 Å². The van der Waals surface area contributed by atoms with E-state index in [1.54, 1.807) is 6.92 Å². The minimum Gasteiger partial charge on any atom is -0.464 e. The van der Waals surface area contributed by atoms with Crippen molar-refractivity contribution in [1.82, 2.24) is 0 Å². The fourth-order valence-corrected chi connectivity index (χ4v) is 1.21. The Morgan fingerprint density at radius 1 is 1.35 bits per heavy atom. The first kappa shape index (κ1) is 13.5. The molecular formula is C11H11F3O3. The van der Waals surface area contributed by atoms with E-state index in [1.165, 1.54) is 0 Å². The smallest absolute Gasteiger partial charge is 0.416 e. The van der Waals surface area contributed by atoms with Crippen LogP contribution >= 0.6 is 0 Å². The second-order valence-corrected chi connectivity index (χ2v) is 3.27. The third kappa shape index (κ3) is 3.45. The number of rotatable bonds is 3. The molecule has 0 bridgehead atoms. The van der Waals surface area contributed by atoms with Gasteiger partial charge in [0.1, 0.15) is 0 Å². The molecule has 0 heterocycles. The van der Waals surface area contributed by atoms with Gasteiger partial charge in [-0.2, -0.15) is 13.2 Å². The normalized spacial score (nSPS) is 13.2. The molecule has 0 spiro atoms. The fourth-order valence-electron chi connectivity index (χ4n) is 1.21. The van der Waals surface area contributed by atoms with Crippen LogP contribution in [-0.4, -0.2) is 17.7 Å². The summed E-state index contributed by atoms with van der Waals surface area (Å²) in [5.74, 6) is -0.882. The molecule has 0 radical (unpaired) electrons. The lowest BCUT2D eigenvalue weighted by molar-refractivity contribution is -0.153. The highest BCUT2D eigenvalue weighted by atomic mass is 19.4. The number of benzene rings is 1. The molecule has 0 saturated heterocycles. The van der Waals surface area contributed by atoms with Crippen LogP contribution in [0.4, 0.5) is 13.2 Å². The monoisotopic (exact) mass is 248 g/mol. The quantitative estimate of drug-likeness (QED) is 0.835. The molecule has 0 aliphatic heterocycles. The molecule has 1 aromatic rings. The van der Waals surface area contributed by atoms with Gasteiger partial charge < -0.3 is 9.84 Å². The summed E-state index contributed by atoms with van der Waals surface area (Å²) in [5.41, 5.74) is -0.770. The summed E-state index contributed by atoms with van der Waals surface area (Å²) >= 11 is 0. The summed E-state index contributed by atoms with van der Waals surface area (Å²) in [5, 5.41) is 9.46. The van der Waals surface area contributed by atoms with E-state index in [-0.39, 0.29) is 12.2 Å². The molecule has 17 heavy (non-hydrogen) atoms. The van der Waals surface area contributed by atoms with E-state index in [2.05, 4.69) is 4.74 Å². The number of hydrogen-bond donors (Lipinski definition) is 1. The predicted molar refractivity (Wildman–Crippen MR) is 53.0 cm³/mol.